The summed E-state index contributed by atoms with van der Waals surface area (Å²) in [6.45, 7) is 0. The molecule has 2 aromatic carbocycles. The maximum atomic E-state index is 9.43. The second-order valence-corrected chi connectivity index (χ2v) is 7.81. The minimum Gasteiger partial charge on any atom is -0.382 e. The van der Waals surface area contributed by atoms with E-state index in [9.17, 15) is 5.26 Å². The zero-order valence-electron chi connectivity index (χ0n) is 13.9. The molecule has 0 aliphatic carbocycles. The monoisotopic (exact) mass is 434 g/mol. The van der Waals surface area contributed by atoms with Crippen molar-refractivity contribution in [1.29, 1.82) is 5.26 Å². The molecule has 0 radical (unpaired) electrons. The maximum absolute atomic E-state index is 9.43. The van der Waals surface area contributed by atoms with Gasteiger partial charge in [-0.3, -0.25) is 0 Å². The van der Waals surface area contributed by atoms with Crippen LogP contribution in [0.1, 0.15) is 22.4 Å². The Morgan fingerprint density at radius 3 is 2.48 bits per heavy atom. The van der Waals surface area contributed by atoms with Crippen LogP contribution in [0, 0.1) is 11.3 Å². The topological polar surface area (TPSA) is 75.6 Å². The van der Waals surface area contributed by atoms with Gasteiger partial charge in [0, 0.05) is 27.2 Å². The summed E-state index contributed by atoms with van der Waals surface area (Å²) in [5.74, 6) is 0.701. The van der Waals surface area contributed by atoms with Crippen molar-refractivity contribution in [1.82, 2.24) is 9.97 Å². The number of halogens is 3. The highest BCUT2D eigenvalue weighted by Crippen LogP contribution is 2.29. The fraction of sp³-hybridized carbons (Fsp3) is 0.105. The fourth-order valence-electron chi connectivity index (χ4n) is 2.42. The summed E-state index contributed by atoms with van der Waals surface area (Å²) in [4.78, 5) is 8.76. The normalized spacial score (nSPS) is 10.6. The molecule has 0 bridgehead atoms. The molecule has 8 heteroatoms. The maximum Gasteiger partial charge on any atom is 0.190 e. The molecule has 0 saturated heterocycles. The van der Waals surface area contributed by atoms with Crippen LogP contribution in [0.25, 0.3) is 0 Å². The van der Waals surface area contributed by atoms with Gasteiger partial charge in [-0.25, -0.2) is 9.97 Å². The number of aromatic nitrogens is 2. The fourth-order valence-corrected chi connectivity index (χ4v) is 4.05. The van der Waals surface area contributed by atoms with E-state index in [0.29, 0.717) is 38.1 Å². The number of rotatable bonds is 5. The molecule has 0 unspecified atom stereocenters. The number of hydrogen-bond donors (Lipinski definition) is 1. The van der Waals surface area contributed by atoms with Crippen LogP contribution in [0.5, 0.6) is 0 Å². The number of nitrogen functional groups attached to an aromatic ring is 1. The van der Waals surface area contributed by atoms with E-state index in [-0.39, 0.29) is 11.4 Å². The van der Waals surface area contributed by atoms with Crippen molar-refractivity contribution in [3.05, 3.63) is 79.9 Å². The molecule has 0 fully saturated rings. The summed E-state index contributed by atoms with van der Waals surface area (Å²) in [6.07, 6.45) is 0.393. The third-order valence-corrected chi connectivity index (χ3v) is 5.64. The molecule has 0 saturated carbocycles. The molecular formula is C19H13Cl3N4S. The average Bonchev–Trinajstić information content (AvgIpc) is 2.63. The third-order valence-electron chi connectivity index (χ3n) is 3.79. The van der Waals surface area contributed by atoms with Crippen LogP contribution in [-0.4, -0.2) is 9.97 Å². The molecule has 27 heavy (non-hydrogen) atoms. The highest BCUT2D eigenvalue weighted by molar-refractivity contribution is 7.98. The lowest BCUT2D eigenvalue weighted by Crippen LogP contribution is -2.06. The Morgan fingerprint density at radius 2 is 1.78 bits per heavy atom. The second-order valence-electron chi connectivity index (χ2n) is 5.62. The molecule has 3 aromatic rings. The number of nitriles is 1. The van der Waals surface area contributed by atoms with Crippen LogP contribution in [0.15, 0.2) is 47.6 Å². The number of thioether (sulfide) groups is 1. The Labute approximate surface area is 176 Å². The molecule has 0 atom stereocenters. The predicted molar refractivity (Wildman–Crippen MR) is 111 cm³/mol. The first-order valence-electron chi connectivity index (χ1n) is 7.84. The molecule has 1 heterocycles. The lowest BCUT2D eigenvalue weighted by Gasteiger charge is -2.10. The van der Waals surface area contributed by atoms with E-state index >= 15 is 0 Å². The molecule has 0 amide bonds. The number of anilines is 1. The molecule has 2 N–H and O–H groups in total. The summed E-state index contributed by atoms with van der Waals surface area (Å²) in [7, 11) is 0. The second kappa shape index (κ2) is 8.81. The first-order chi connectivity index (χ1) is 13.0. The van der Waals surface area contributed by atoms with Gasteiger partial charge in [-0.05, 0) is 29.3 Å². The third kappa shape index (κ3) is 4.85. The van der Waals surface area contributed by atoms with Crippen molar-refractivity contribution in [3.8, 4) is 6.07 Å². The van der Waals surface area contributed by atoms with Gasteiger partial charge in [-0.2, -0.15) is 5.26 Å². The Bertz CT molecular complexity index is 1030. The SMILES string of the molecule is N#Cc1c(N)nc(SCc2ccc(Cl)cc2Cl)nc1Cc1ccccc1Cl. The van der Waals surface area contributed by atoms with Gasteiger partial charge in [0.15, 0.2) is 5.16 Å². The lowest BCUT2D eigenvalue weighted by atomic mass is 10.1. The molecule has 0 aliphatic rings. The van der Waals surface area contributed by atoms with Gasteiger partial charge in [0.05, 0.1) is 5.69 Å². The van der Waals surface area contributed by atoms with E-state index in [4.69, 9.17) is 40.5 Å². The van der Waals surface area contributed by atoms with Crippen LogP contribution in [0.4, 0.5) is 5.82 Å². The van der Waals surface area contributed by atoms with E-state index in [1.165, 1.54) is 11.8 Å². The summed E-state index contributed by atoms with van der Waals surface area (Å²) >= 11 is 19.8. The van der Waals surface area contributed by atoms with E-state index < -0.39 is 0 Å². The number of nitrogens with two attached hydrogens (primary N) is 1. The zero-order chi connectivity index (χ0) is 19.4. The Hall–Kier alpha value is -1.97. The van der Waals surface area contributed by atoms with Crippen LogP contribution in [0.2, 0.25) is 15.1 Å². The van der Waals surface area contributed by atoms with Crippen LogP contribution < -0.4 is 5.73 Å². The molecular weight excluding hydrogens is 423 g/mol. The van der Waals surface area contributed by atoms with Crippen LogP contribution in [-0.2, 0) is 12.2 Å². The van der Waals surface area contributed by atoms with Crippen molar-refractivity contribution in [2.24, 2.45) is 0 Å². The largest absolute Gasteiger partial charge is 0.382 e. The highest BCUT2D eigenvalue weighted by atomic mass is 35.5. The van der Waals surface area contributed by atoms with E-state index in [1.54, 1.807) is 18.2 Å². The number of nitrogens with zero attached hydrogens (tertiary/aromatic N) is 3. The smallest absolute Gasteiger partial charge is 0.190 e. The molecule has 136 valence electrons. The summed E-state index contributed by atoms with van der Waals surface area (Å²) in [6, 6.07) is 14.8. The Balaban J connectivity index is 1.87. The summed E-state index contributed by atoms with van der Waals surface area (Å²) in [5.41, 5.74) is 8.57. The zero-order valence-corrected chi connectivity index (χ0v) is 17.0. The molecule has 4 nitrogen and oxygen atoms in total. The van der Waals surface area contributed by atoms with Crippen molar-refractivity contribution in [3.63, 3.8) is 0 Å². The molecule has 3 rings (SSSR count). The van der Waals surface area contributed by atoms with Gasteiger partial charge in [-0.15, -0.1) is 0 Å². The van der Waals surface area contributed by atoms with Crippen molar-refractivity contribution in [2.45, 2.75) is 17.3 Å². The number of hydrogen-bond acceptors (Lipinski definition) is 5. The number of benzene rings is 2. The summed E-state index contributed by atoms with van der Waals surface area (Å²) < 4.78 is 0. The minimum atomic E-state index is 0.152. The Morgan fingerprint density at radius 1 is 1.00 bits per heavy atom. The molecule has 0 spiro atoms. The van der Waals surface area contributed by atoms with E-state index in [2.05, 4.69) is 16.0 Å². The van der Waals surface area contributed by atoms with Crippen molar-refractivity contribution >= 4 is 52.4 Å². The Kier molecular flexibility index (Phi) is 6.46. The molecule has 0 aliphatic heterocycles. The van der Waals surface area contributed by atoms with Crippen molar-refractivity contribution in [2.75, 3.05) is 5.73 Å². The minimum absolute atomic E-state index is 0.152. The predicted octanol–water partition coefficient (Wildman–Crippen LogP) is 5.77. The molecule has 1 aromatic heterocycles. The van der Waals surface area contributed by atoms with Gasteiger partial charge >= 0.3 is 0 Å². The van der Waals surface area contributed by atoms with E-state index in [0.717, 1.165) is 11.1 Å². The quantitative estimate of drug-likeness (QED) is 0.406. The lowest BCUT2D eigenvalue weighted by molar-refractivity contribution is 0.902. The van der Waals surface area contributed by atoms with Gasteiger partial charge in [0.1, 0.15) is 17.5 Å². The van der Waals surface area contributed by atoms with Gasteiger partial charge in [-0.1, -0.05) is 70.8 Å². The van der Waals surface area contributed by atoms with Gasteiger partial charge < -0.3 is 5.73 Å². The van der Waals surface area contributed by atoms with Crippen LogP contribution in [0.3, 0.4) is 0 Å². The highest BCUT2D eigenvalue weighted by Gasteiger charge is 2.15. The van der Waals surface area contributed by atoms with Gasteiger partial charge in [0.25, 0.3) is 0 Å². The first kappa shape index (κ1) is 19.8. The summed E-state index contributed by atoms with van der Waals surface area (Å²) in [5, 5.41) is 11.7. The van der Waals surface area contributed by atoms with Gasteiger partial charge in [0.2, 0.25) is 0 Å². The van der Waals surface area contributed by atoms with Crippen LogP contribution >= 0.6 is 46.6 Å². The van der Waals surface area contributed by atoms with Crippen molar-refractivity contribution < 1.29 is 0 Å². The average molecular weight is 436 g/mol. The standard InChI is InChI=1S/C19H13Cl3N4S/c20-13-6-5-12(16(22)8-13)10-27-19-25-17(14(9-23)18(24)26-19)7-11-3-1-2-4-15(11)21/h1-6,8H,7,10H2,(H2,24,25,26). The van der Waals surface area contributed by atoms with E-state index in [1.807, 2.05) is 24.3 Å². The first-order valence-corrected chi connectivity index (χ1v) is 9.96.